The minimum absolute atomic E-state index is 0.0528. The van der Waals surface area contributed by atoms with Gasteiger partial charge in [0.15, 0.2) is 0 Å². The van der Waals surface area contributed by atoms with E-state index in [1.165, 1.54) is 11.8 Å². The van der Waals surface area contributed by atoms with Gasteiger partial charge in [0.2, 0.25) is 0 Å². The summed E-state index contributed by atoms with van der Waals surface area (Å²) in [5.74, 6) is 0.414. The molecular weight excluding hydrogens is 294 g/mol. The second kappa shape index (κ2) is 5.96. The number of urea groups is 1. The van der Waals surface area contributed by atoms with Gasteiger partial charge in [-0.2, -0.15) is 0 Å². The van der Waals surface area contributed by atoms with E-state index in [2.05, 4.69) is 15.5 Å². The zero-order valence-corrected chi connectivity index (χ0v) is 13.3. The molecule has 1 unspecified atom stereocenters. The van der Waals surface area contributed by atoms with E-state index in [0.717, 1.165) is 24.3 Å². The second-order valence-electron chi connectivity index (χ2n) is 6.07. The van der Waals surface area contributed by atoms with E-state index in [9.17, 15) is 9.90 Å². The molecule has 122 valence electrons. The summed E-state index contributed by atoms with van der Waals surface area (Å²) in [6.45, 7) is 2.64. The molecule has 1 aromatic carbocycles. The molecule has 2 aromatic rings. The van der Waals surface area contributed by atoms with Crippen LogP contribution in [0.1, 0.15) is 18.2 Å². The first-order chi connectivity index (χ1) is 11.0. The molecule has 0 bridgehead atoms. The quantitative estimate of drug-likeness (QED) is 0.809. The molecule has 0 spiro atoms. The fraction of sp³-hybridized carbons (Fsp3) is 0.353. The summed E-state index contributed by atoms with van der Waals surface area (Å²) < 4.78 is 5.18. The predicted octanol–water partition coefficient (Wildman–Crippen LogP) is 2.30. The number of hydrogen-bond donors (Lipinski definition) is 3. The number of rotatable bonds is 4. The lowest BCUT2D eigenvalue weighted by Crippen LogP contribution is -2.40. The van der Waals surface area contributed by atoms with Crippen molar-refractivity contribution in [3.63, 3.8) is 0 Å². The standard InChI is InChI=1S/C17H21N3O3/c1-17(22,15-4-3-9-23-15)11-18-16(21)19-13-6-5-12-7-8-20(2)14(12)10-13/h3-6,9-10,22H,7-8,11H2,1-2H3,(H2,18,19,21). The van der Waals surface area contributed by atoms with Crippen molar-refractivity contribution in [3.05, 3.63) is 47.9 Å². The summed E-state index contributed by atoms with van der Waals surface area (Å²) in [6, 6.07) is 8.90. The van der Waals surface area contributed by atoms with Gasteiger partial charge < -0.3 is 25.1 Å². The molecule has 2 amide bonds. The van der Waals surface area contributed by atoms with E-state index in [1.807, 2.05) is 25.2 Å². The molecule has 3 N–H and O–H groups in total. The first kappa shape index (κ1) is 15.4. The van der Waals surface area contributed by atoms with Crippen LogP contribution in [-0.4, -0.2) is 31.3 Å². The molecule has 1 aromatic heterocycles. The summed E-state index contributed by atoms with van der Waals surface area (Å²) >= 11 is 0. The Morgan fingerprint density at radius 3 is 3.00 bits per heavy atom. The predicted molar refractivity (Wildman–Crippen MR) is 88.7 cm³/mol. The molecule has 6 heteroatoms. The lowest BCUT2D eigenvalue weighted by atomic mass is 10.0. The molecule has 1 aliphatic heterocycles. The monoisotopic (exact) mass is 315 g/mol. The van der Waals surface area contributed by atoms with Crippen molar-refractivity contribution < 1.29 is 14.3 Å². The van der Waals surface area contributed by atoms with Gasteiger partial charge in [-0.3, -0.25) is 0 Å². The summed E-state index contributed by atoms with van der Waals surface area (Å²) in [6.07, 6.45) is 2.52. The second-order valence-corrected chi connectivity index (χ2v) is 6.07. The van der Waals surface area contributed by atoms with Crippen LogP contribution in [0.2, 0.25) is 0 Å². The number of nitrogens with zero attached hydrogens (tertiary/aromatic N) is 1. The molecule has 1 aliphatic rings. The van der Waals surface area contributed by atoms with Crippen molar-refractivity contribution in [1.82, 2.24) is 5.32 Å². The molecule has 2 heterocycles. The number of amides is 2. The number of aliphatic hydroxyl groups is 1. The Balaban J connectivity index is 1.59. The molecule has 0 aliphatic carbocycles. The largest absolute Gasteiger partial charge is 0.466 e. The first-order valence-corrected chi connectivity index (χ1v) is 7.61. The van der Waals surface area contributed by atoms with Gasteiger partial charge in [-0.1, -0.05) is 6.07 Å². The smallest absolute Gasteiger partial charge is 0.319 e. The van der Waals surface area contributed by atoms with Crippen molar-refractivity contribution in [3.8, 4) is 0 Å². The Kier molecular flexibility index (Phi) is 4.00. The maximum atomic E-state index is 12.0. The van der Waals surface area contributed by atoms with E-state index in [1.54, 1.807) is 19.1 Å². The highest BCUT2D eigenvalue weighted by molar-refractivity contribution is 5.90. The lowest BCUT2D eigenvalue weighted by molar-refractivity contribution is 0.0372. The van der Waals surface area contributed by atoms with Crippen LogP contribution in [0.5, 0.6) is 0 Å². The highest BCUT2D eigenvalue weighted by atomic mass is 16.4. The van der Waals surface area contributed by atoms with Gasteiger partial charge in [-0.15, -0.1) is 0 Å². The van der Waals surface area contributed by atoms with Gasteiger partial charge in [0.25, 0.3) is 0 Å². The van der Waals surface area contributed by atoms with Gasteiger partial charge in [0.1, 0.15) is 11.4 Å². The van der Waals surface area contributed by atoms with Gasteiger partial charge in [-0.05, 0) is 43.2 Å². The maximum Gasteiger partial charge on any atom is 0.319 e. The molecule has 0 saturated carbocycles. The number of hydrogen-bond acceptors (Lipinski definition) is 4. The summed E-state index contributed by atoms with van der Waals surface area (Å²) in [4.78, 5) is 14.2. The third-order valence-corrected chi connectivity index (χ3v) is 4.12. The Hall–Kier alpha value is -2.47. The third kappa shape index (κ3) is 3.32. The van der Waals surface area contributed by atoms with E-state index in [4.69, 9.17) is 4.42 Å². The topological polar surface area (TPSA) is 77.7 Å². The summed E-state index contributed by atoms with van der Waals surface area (Å²) in [5, 5.41) is 15.8. The SMILES string of the molecule is CN1CCc2ccc(NC(=O)NCC(C)(O)c3ccco3)cc21. The van der Waals surface area contributed by atoms with Crippen LogP contribution in [0.15, 0.2) is 41.0 Å². The number of furan rings is 1. The normalized spacial score (nSPS) is 15.9. The number of carbonyl (C=O) groups excluding carboxylic acids is 1. The Morgan fingerprint density at radius 2 is 2.26 bits per heavy atom. The van der Waals surface area contributed by atoms with E-state index in [-0.39, 0.29) is 12.6 Å². The molecule has 6 nitrogen and oxygen atoms in total. The number of carbonyl (C=O) groups is 1. The fourth-order valence-corrected chi connectivity index (χ4v) is 2.72. The fourth-order valence-electron chi connectivity index (χ4n) is 2.72. The van der Waals surface area contributed by atoms with Crippen LogP contribution in [0.4, 0.5) is 16.2 Å². The van der Waals surface area contributed by atoms with E-state index >= 15 is 0 Å². The molecule has 0 fully saturated rings. The zero-order chi connectivity index (χ0) is 16.4. The van der Waals surface area contributed by atoms with Crippen molar-refractivity contribution in [2.45, 2.75) is 18.9 Å². The van der Waals surface area contributed by atoms with Crippen LogP contribution in [0, 0.1) is 0 Å². The number of fused-ring (bicyclic) bond motifs is 1. The summed E-state index contributed by atoms with van der Waals surface area (Å²) in [5.41, 5.74) is 1.91. The first-order valence-electron chi connectivity index (χ1n) is 7.61. The highest BCUT2D eigenvalue weighted by Gasteiger charge is 2.26. The molecular formula is C17H21N3O3. The maximum absolute atomic E-state index is 12.0. The Morgan fingerprint density at radius 1 is 1.43 bits per heavy atom. The number of anilines is 2. The Bertz CT molecular complexity index is 695. The molecule has 1 atom stereocenters. The van der Waals surface area contributed by atoms with Crippen molar-refractivity contribution in [2.24, 2.45) is 0 Å². The average molecular weight is 315 g/mol. The van der Waals surface area contributed by atoms with Crippen LogP contribution in [-0.2, 0) is 12.0 Å². The van der Waals surface area contributed by atoms with Gasteiger partial charge in [-0.25, -0.2) is 4.79 Å². The number of likely N-dealkylation sites (N-methyl/N-ethyl adjacent to an activating group) is 1. The summed E-state index contributed by atoms with van der Waals surface area (Å²) in [7, 11) is 2.04. The van der Waals surface area contributed by atoms with E-state index in [0.29, 0.717) is 5.76 Å². The number of nitrogens with one attached hydrogen (secondary N) is 2. The lowest BCUT2D eigenvalue weighted by Gasteiger charge is -2.21. The number of benzene rings is 1. The van der Waals surface area contributed by atoms with Crippen LogP contribution in [0.3, 0.4) is 0 Å². The third-order valence-electron chi connectivity index (χ3n) is 4.12. The van der Waals surface area contributed by atoms with Crippen LogP contribution >= 0.6 is 0 Å². The average Bonchev–Trinajstić information content (AvgIpc) is 3.17. The van der Waals surface area contributed by atoms with Crippen molar-refractivity contribution in [2.75, 3.05) is 30.4 Å². The molecule has 3 rings (SSSR count). The highest BCUT2D eigenvalue weighted by Crippen LogP contribution is 2.29. The van der Waals surface area contributed by atoms with Gasteiger partial charge in [0, 0.05) is 25.0 Å². The van der Waals surface area contributed by atoms with Gasteiger partial charge in [0.05, 0.1) is 12.8 Å². The molecule has 0 saturated heterocycles. The van der Waals surface area contributed by atoms with Crippen molar-refractivity contribution >= 4 is 17.4 Å². The van der Waals surface area contributed by atoms with Crippen LogP contribution in [0.25, 0.3) is 0 Å². The molecule has 23 heavy (non-hydrogen) atoms. The zero-order valence-electron chi connectivity index (χ0n) is 13.3. The van der Waals surface area contributed by atoms with E-state index < -0.39 is 5.60 Å². The van der Waals surface area contributed by atoms with Crippen molar-refractivity contribution in [1.29, 1.82) is 0 Å². The minimum Gasteiger partial charge on any atom is -0.466 e. The van der Waals surface area contributed by atoms with Gasteiger partial charge >= 0.3 is 6.03 Å². The minimum atomic E-state index is -1.25. The van der Waals surface area contributed by atoms with Crippen LogP contribution < -0.4 is 15.5 Å². The molecule has 0 radical (unpaired) electrons. The Labute approximate surface area is 135 Å².